The summed E-state index contributed by atoms with van der Waals surface area (Å²) in [5.41, 5.74) is 0.298. The molecule has 0 fully saturated rings. The lowest BCUT2D eigenvalue weighted by molar-refractivity contribution is -0.145. The number of benzene rings is 1. The molecule has 0 amide bonds. The van der Waals surface area contributed by atoms with E-state index < -0.39 is 22.2 Å². The van der Waals surface area contributed by atoms with Crippen LogP contribution >= 0.6 is 0 Å². The largest absolute Gasteiger partial charge is 0.479 e. The third-order valence-corrected chi connectivity index (χ3v) is 3.12. The number of carboxylic acids is 1. The molecule has 0 heterocycles. The second kappa shape index (κ2) is 5.09. The van der Waals surface area contributed by atoms with E-state index in [1.165, 1.54) is 19.1 Å². The SMILES string of the molecule is CCS(=O)(=O)OC(C(=O)O)c1ccccc1. The van der Waals surface area contributed by atoms with E-state index in [4.69, 9.17) is 5.11 Å². The Hall–Kier alpha value is -1.40. The van der Waals surface area contributed by atoms with Gasteiger partial charge in [0.1, 0.15) is 0 Å². The fourth-order valence-corrected chi connectivity index (χ4v) is 1.70. The standard InChI is InChI=1S/C10H12O5S/c1-2-16(13,14)15-9(10(11)12)8-6-4-3-5-7-8/h3-7,9H,2H2,1H3,(H,11,12). The number of hydrogen-bond acceptors (Lipinski definition) is 4. The van der Waals surface area contributed by atoms with Crippen LogP contribution in [0, 0.1) is 0 Å². The van der Waals surface area contributed by atoms with Crippen molar-refractivity contribution in [3.63, 3.8) is 0 Å². The van der Waals surface area contributed by atoms with Gasteiger partial charge in [-0.1, -0.05) is 30.3 Å². The summed E-state index contributed by atoms with van der Waals surface area (Å²) >= 11 is 0. The molecule has 0 radical (unpaired) electrons. The lowest BCUT2D eigenvalue weighted by Crippen LogP contribution is -2.20. The highest BCUT2D eigenvalue weighted by Gasteiger charge is 2.26. The zero-order chi connectivity index (χ0) is 12.2. The smallest absolute Gasteiger partial charge is 0.339 e. The van der Waals surface area contributed by atoms with Gasteiger partial charge in [0, 0.05) is 0 Å². The van der Waals surface area contributed by atoms with Crippen molar-refractivity contribution < 1.29 is 22.5 Å². The molecule has 1 atom stereocenters. The number of aliphatic carboxylic acids is 1. The van der Waals surface area contributed by atoms with Gasteiger partial charge in [-0.2, -0.15) is 8.42 Å². The van der Waals surface area contributed by atoms with E-state index in [1.54, 1.807) is 18.2 Å². The Kier molecular flexibility index (Phi) is 4.03. The minimum Gasteiger partial charge on any atom is -0.479 e. The van der Waals surface area contributed by atoms with Crippen LogP contribution in [0.5, 0.6) is 0 Å². The van der Waals surface area contributed by atoms with E-state index in [1.807, 2.05) is 0 Å². The van der Waals surface area contributed by atoms with Gasteiger partial charge in [-0.05, 0) is 12.5 Å². The molecule has 6 heteroatoms. The van der Waals surface area contributed by atoms with Crippen molar-refractivity contribution in [2.75, 3.05) is 5.75 Å². The highest BCUT2D eigenvalue weighted by atomic mass is 32.2. The van der Waals surface area contributed by atoms with Gasteiger partial charge in [-0.25, -0.2) is 8.98 Å². The molecule has 1 aromatic rings. The first-order valence-corrected chi connectivity index (χ1v) is 6.22. The zero-order valence-corrected chi connectivity index (χ0v) is 9.48. The van der Waals surface area contributed by atoms with Crippen LogP contribution in [0.25, 0.3) is 0 Å². The van der Waals surface area contributed by atoms with E-state index in [2.05, 4.69) is 4.18 Å². The molecular weight excluding hydrogens is 232 g/mol. The topological polar surface area (TPSA) is 80.7 Å². The van der Waals surface area contributed by atoms with Gasteiger partial charge < -0.3 is 5.11 Å². The molecule has 88 valence electrons. The molecule has 0 aliphatic carbocycles. The van der Waals surface area contributed by atoms with Crippen LogP contribution in [0.3, 0.4) is 0 Å². The maximum atomic E-state index is 11.2. The molecule has 1 unspecified atom stereocenters. The predicted molar refractivity (Wildman–Crippen MR) is 57.4 cm³/mol. The van der Waals surface area contributed by atoms with E-state index in [-0.39, 0.29) is 5.75 Å². The van der Waals surface area contributed by atoms with E-state index in [0.29, 0.717) is 5.56 Å². The summed E-state index contributed by atoms with van der Waals surface area (Å²) in [7, 11) is -3.79. The van der Waals surface area contributed by atoms with E-state index >= 15 is 0 Å². The molecule has 5 nitrogen and oxygen atoms in total. The lowest BCUT2D eigenvalue weighted by Gasteiger charge is -2.12. The van der Waals surface area contributed by atoms with Crippen molar-refractivity contribution in [2.24, 2.45) is 0 Å². The fraction of sp³-hybridized carbons (Fsp3) is 0.300. The summed E-state index contributed by atoms with van der Waals surface area (Å²) in [6.45, 7) is 1.39. The van der Waals surface area contributed by atoms with E-state index in [9.17, 15) is 13.2 Å². The van der Waals surface area contributed by atoms with Crippen molar-refractivity contribution in [2.45, 2.75) is 13.0 Å². The van der Waals surface area contributed by atoms with Crippen LogP contribution in [0.4, 0.5) is 0 Å². The molecule has 0 bridgehead atoms. The molecule has 0 aliphatic heterocycles. The molecule has 0 saturated heterocycles. The fourth-order valence-electron chi connectivity index (χ4n) is 1.08. The third-order valence-electron chi connectivity index (χ3n) is 1.92. The van der Waals surface area contributed by atoms with Gasteiger partial charge in [0.2, 0.25) is 0 Å². The minimum atomic E-state index is -3.79. The normalized spacial score (nSPS) is 13.3. The molecule has 16 heavy (non-hydrogen) atoms. The Morgan fingerprint density at radius 1 is 1.38 bits per heavy atom. The summed E-state index contributed by atoms with van der Waals surface area (Å²) in [5, 5.41) is 8.90. The van der Waals surface area contributed by atoms with Gasteiger partial charge in [0.15, 0.2) is 6.10 Å². The molecule has 1 rings (SSSR count). The van der Waals surface area contributed by atoms with Crippen molar-refractivity contribution >= 4 is 16.1 Å². The first-order chi connectivity index (χ1) is 7.46. The number of carboxylic acid groups (broad SMARTS) is 1. The van der Waals surface area contributed by atoms with E-state index in [0.717, 1.165) is 0 Å². The van der Waals surface area contributed by atoms with Crippen LogP contribution in [-0.4, -0.2) is 25.2 Å². The van der Waals surface area contributed by atoms with Crippen molar-refractivity contribution in [3.05, 3.63) is 35.9 Å². The molecular formula is C10H12O5S. The first-order valence-electron chi connectivity index (χ1n) is 4.65. The molecule has 0 saturated carbocycles. The molecule has 1 aromatic carbocycles. The molecule has 0 aliphatic rings. The molecule has 1 N–H and O–H groups in total. The van der Waals surface area contributed by atoms with Crippen molar-refractivity contribution in [1.29, 1.82) is 0 Å². The lowest BCUT2D eigenvalue weighted by atomic mass is 10.1. The maximum absolute atomic E-state index is 11.2. The van der Waals surface area contributed by atoms with Gasteiger partial charge in [-0.3, -0.25) is 0 Å². The number of carbonyl (C=O) groups is 1. The number of hydrogen-bond donors (Lipinski definition) is 1. The first kappa shape index (κ1) is 12.7. The maximum Gasteiger partial charge on any atom is 0.339 e. The highest BCUT2D eigenvalue weighted by molar-refractivity contribution is 7.86. The summed E-state index contributed by atoms with van der Waals surface area (Å²) in [5.74, 6) is -1.59. The van der Waals surface area contributed by atoms with Crippen LogP contribution in [0.15, 0.2) is 30.3 Å². The van der Waals surface area contributed by atoms with Gasteiger partial charge in [0.05, 0.1) is 5.75 Å². The average Bonchev–Trinajstić information content (AvgIpc) is 2.27. The quantitative estimate of drug-likeness (QED) is 0.786. The summed E-state index contributed by atoms with van der Waals surface area (Å²) in [4.78, 5) is 10.9. The van der Waals surface area contributed by atoms with Crippen molar-refractivity contribution in [1.82, 2.24) is 0 Å². The summed E-state index contributed by atoms with van der Waals surface area (Å²) in [6, 6.07) is 7.95. The Bertz CT molecular complexity index is 451. The Balaban J connectivity index is 2.99. The second-order valence-corrected chi connectivity index (χ2v) is 4.96. The summed E-state index contributed by atoms with van der Waals surface area (Å²) < 4.78 is 27.0. The van der Waals surface area contributed by atoms with Gasteiger partial charge in [-0.15, -0.1) is 0 Å². The van der Waals surface area contributed by atoms with Gasteiger partial charge in [0.25, 0.3) is 10.1 Å². The molecule has 0 aromatic heterocycles. The highest BCUT2D eigenvalue weighted by Crippen LogP contribution is 2.19. The van der Waals surface area contributed by atoms with Crippen LogP contribution in [0.1, 0.15) is 18.6 Å². The second-order valence-electron chi connectivity index (χ2n) is 3.07. The Morgan fingerprint density at radius 2 is 1.94 bits per heavy atom. The van der Waals surface area contributed by atoms with Crippen LogP contribution in [0.2, 0.25) is 0 Å². The Labute approximate surface area is 93.8 Å². The van der Waals surface area contributed by atoms with Crippen molar-refractivity contribution in [3.8, 4) is 0 Å². The monoisotopic (exact) mass is 244 g/mol. The van der Waals surface area contributed by atoms with Crippen LogP contribution in [-0.2, 0) is 19.1 Å². The summed E-state index contributed by atoms with van der Waals surface area (Å²) in [6.07, 6.45) is -1.48. The van der Waals surface area contributed by atoms with Crippen LogP contribution < -0.4 is 0 Å². The Morgan fingerprint density at radius 3 is 2.38 bits per heavy atom. The molecule has 0 spiro atoms. The minimum absolute atomic E-state index is 0.260. The third kappa shape index (κ3) is 3.32. The predicted octanol–water partition coefficient (Wildman–Crippen LogP) is 1.18. The van der Waals surface area contributed by atoms with Gasteiger partial charge >= 0.3 is 5.97 Å². The number of rotatable bonds is 5. The zero-order valence-electron chi connectivity index (χ0n) is 8.66. The average molecular weight is 244 g/mol.